The number of carbonyl (C=O) groups is 1. The summed E-state index contributed by atoms with van der Waals surface area (Å²) >= 11 is 0. The highest BCUT2D eigenvalue weighted by Crippen LogP contribution is 2.28. The number of nitrogens with zero attached hydrogens (tertiary/aromatic N) is 4. The van der Waals surface area contributed by atoms with Crippen molar-refractivity contribution < 1.29 is 4.79 Å². The molecule has 0 saturated carbocycles. The average Bonchev–Trinajstić information content (AvgIpc) is 3.18. The largest absolute Gasteiger partial charge is 0.310 e. The first-order valence-electron chi connectivity index (χ1n) is 10.4. The van der Waals surface area contributed by atoms with Crippen LogP contribution in [0.15, 0.2) is 84.0 Å². The summed E-state index contributed by atoms with van der Waals surface area (Å²) in [5.41, 5.74) is 3.85. The lowest BCUT2D eigenvalue weighted by Crippen LogP contribution is -2.24. The maximum atomic E-state index is 12.9. The third-order valence-corrected chi connectivity index (χ3v) is 5.47. The predicted octanol–water partition coefficient (Wildman–Crippen LogP) is 4.05. The maximum absolute atomic E-state index is 12.9. The number of aromatic nitrogens is 4. The molecule has 0 saturated heterocycles. The molecule has 0 bridgehead atoms. The van der Waals surface area contributed by atoms with Gasteiger partial charge in [0, 0.05) is 24.7 Å². The number of imidazole rings is 1. The van der Waals surface area contributed by atoms with Gasteiger partial charge in [-0.15, -0.1) is 0 Å². The van der Waals surface area contributed by atoms with Crippen molar-refractivity contribution in [1.82, 2.24) is 18.9 Å². The molecule has 0 aliphatic heterocycles. The number of aryl methyl sites for hydroxylation is 2. The van der Waals surface area contributed by atoms with Crippen molar-refractivity contribution in [2.24, 2.45) is 0 Å². The molecule has 7 heteroatoms. The van der Waals surface area contributed by atoms with Crippen LogP contribution in [0.2, 0.25) is 0 Å². The van der Waals surface area contributed by atoms with E-state index in [1.165, 1.54) is 10.9 Å². The van der Waals surface area contributed by atoms with Crippen molar-refractivity contribution in [3.63, 3.8) is 0 Å². The first kappa shape index (κ1) is 19.7. The highest BCUT2D eigenvalue weighted by Gasteiger charge is 2.16. The Bertz CT molecular complexity index is 1500. The minimum atomic E-state index is -0.205. The highest BCUT2D eigenvalue weighted by atomic mass is 16.2. The minimum Gasteiger partial charge on any atom is -0.310 e. The van der Waals surface area contributed by atoms with E-state index in [1.807, 2.05) is 78.2 Å². The quantitative estimate of drug-likeness (QED) is 0.462. The number of nitrogens with one attached hydrogen (secondary N) is 1. The Kier molecular flexibility index (Phi) is 4.99. The number of anilines is 1. The maximum Gasteiger partial charge on any atom is 0.261 e. The van der Waals surface area contributed by atoms with Gasteiger partial charge in [0.25, 0.3) is 5.56 Å². The summed E-state index contributed by atoms with van der Waals surface area (Å²) in [5, 5.41) is 3.55. The lowest BCUT2D eigenvalue weighted by molar-refractivity contribution is -0.116. The molecule has 5 rings (SSSR count). The van der Waals surface area contributed by atoms with E-state index in [9.17, 15) is 9.59 Å². The lowest BCUT2D eigenvalue weighted by Gasteiger charge is -2.10. The van der Waals surface area contributed by atoms with E-state index in [1.54, 1.807) is 6.07 Å². The van der Waals surface area contributed by atoms with Crippen LogP contribution in [0, 0.1) is 6.92 Å². The normalized spacial score (nSPS) is 11.2. The van der Waals surface area contributed by atoms with E-state index in [4.69, 9.17) is 4.98 Å². The number of carbonyl (C=O) groups excluding carboxylic acids is 1. The van der Waals surface area contributed by atoms with Crippen molar-refractivity contribution in [2.45, 2.75) is 19.9 Å². The summed E-state index contributed by atoms with van der Waals surface area (Å²) in [6.07, 6.45) is 3.51. The van der Waals surface area contributed by atoms with Gasteiger partial charge in [0.15, 0.2) is 0 Å². The van der Waals surface area contributed by atoms with E-state index in [0.717, 1.165) is 16.8 Å². The van der Waals surface area contributed by atoms with Gasteiger partial charge in [-0.1, -0.05) is 48.5 Å². The third-order valence-electron chi connectivity index (χ3n) is 5.47. The van der Waals surface area contributed by atoms with E-state index in [-0.39, 0.29) is 24.4 Å². The van der Waals surface area contributed by atoms with Crippen LogP contribution in [-0.4, -0.2) is 24.8 Å². The van der Waals surface area contributed by atoms with Crippen LogP contribution in [0.25, 0.3) is 27.8 Å². The van der Waals surface area contributed by atoms with Crippen LogP contribution in [0.3, 0.4) is 0 Å². The fraction of sp³-hybridized carbons (Fsp3) is 0.120. The van der Waals surface area contributed by atoms with Crippen LogP contribution in [-0.2, 0) is 11.3 Å². The molecule has 3 aromatic heterocycles. The molecule has 1 N–H and O–H groups in total. The molecule has 0 spiro atoms. The van der Waals surface area contributed by atoms with Crippen molar-refractivity contribution in [3.05, 3.63) is 95.2 Å². The van der Waals surface area contributed by atoms with Crippen molar-refractivity contribution in [1.29, 1.82) is 0 Å². The molecule has 2 aromatic carbocycles. The van der Waals surface area contributed by atoms with Crippen molar-refractivity contribution in [3.8, 4) is 11.3 Å². The number of para-hydroxylation sites is 1. The first-order valence-corrected chi connectivity index (χ1v) is 10.4. The number of benzene rings is 2. The summed E-state index contributed by atoms with van der Waals surface area (Å²) in [6, 6.07) is 20.9. The molecule has 32 heavy (non-hydrogen) atoms. The van der Waals surface area contributed by atoms with Gasteiger partial charge in [-0.3, -0.25) is 18.6 Å². The molecule has 0 radical (unpaired) electrons. The zero-order chi connectivity index (χ0) is 22.1. The second-order valence-electron chi connectivity index (χ2n) is 7.62. The number of hydrogen-bond donors (Lipinski definition) is 1. The fourth-order valence-electron chi connectivity index (χ4n) is 3.83. The van der Waals surface area contributed by atoms with Gasteiger partial charge < -0.3 is 5.32 Å². The Morgan fingerprint density at radius 3 is 2.66 bits per heavy atom. The molecule has 0 atom stereocenters. The van der Waals surface area contributed by atoms with Crippen LogP contribution in [0.5, 0.6) is 0 Å². The number of hydrogen-bond acceptors (Lipinski definition) is 4. The Balaban J connectivity index is 1.41. The molecule has 1 amide bonds. The highest BCUT2D eigenvalue weighted by molar-refractivity contribution is 5.94. The van der Waals surface area contributed by atoms with Crippen LogP contribution < -0.4 is 10.9 Å². The SMILES string of the molecule is Cc1cccc2c(=O)n(CCC(=O)Nc3c(-c4ccccc4)nc4ccccn34)cnc12. The molecule has 0 aliphatic carbocycles. The topological polar surface area (TPSA) is 81.3 Å². The van der Waals surface area contributed by atoms with Crippen LogP contribution in [0.1, 0.15) is 12.0 Å². The molecule has 5 aromatic rings. The summed E-state index contributed by atoms with van der Waals surface area (Å²) in [7, 11) is 0. The zero-order valence-electron chi connectivity index (χ0n) is 17.5. The van der Waals surface area contributed by atoms with Gasteiger partial charge >= 0.3 is 0 Å². The Morgan fingerprint density at radius 2 is 1.81 bits per heavy atom. The molecule has 0 unspecified atom stereocenters. The second kappa shape index (κ2) is 8.11. The number of pyridine rings is 1. The van der Waals surface area contributed by atoms with E-state index in [0.29, 0.717) is 22.4 Å². The number of amides is 1. The third kappa shape index (κ3) is 3.54. The summed E-state index contributed by atoms with van der Waals surface area (Å²) < 4.78 is 3.33. The molecule has 0 aliphatic rings. The molecule has 3 heterocycles. The smallest absolute Gasteiger partial charge is 0.261 e. The second-order valence-corrected chi connectivity index (χ2v) is 7.62. The zero-order valence-corrected chi connectivity index (χ0v) is 17.5. The predicted molar refractivity (Wildman–Crippen MR) is 125 cm³/mol. The van der Waals surface area contributed by atoms with Crippen molar-refractivity contribution in [2.75, 3.05) is 5.32 Å². The van der Waals surface area contributed by atoms with Gasteiger partial charge in [0.05, 0.1) is 17.2 Å². The molecule has 7 nitrogen and oxygen atoms in total. The summed E-state index contributed by atoms with van der Waals surface area (Å²) in [4.78, 5) is 34.8. The molecular formula is C25H21N5O2. The Labute approximate surface area is 184 Å². The molecule has 158 valence electrons. The van der Waals surface area contributed by atoms with Gasteiger partial charge in [-0.05, 0) is 30.7 Å². The van der Waals surface area contributed by atoms with E-state index >= 15 is 0 Å². The average molecular weight is 423 g/mol. The van der Waals surface area contributed by atoms with E-state index in [2.05, 4.69) is 10.3 Å². The van der Waals surface area contributed by atoms with Gasteiger partial charge in [0.2, 0.25) is 5.91 Å². The van der Waals surface area contributed by atoms with Gasteiger partial charge in [0.1, 0.15) is 17.2 Å². The fourth-order valence-corrected chi connectivity index (χ4v) is 3.83. The van der Waals surface area contributed by atoms with Crippen molar-refractivity contribution >= 4 is 28.3 Å². The lowest BCUT2D eigenvalue weighted by atomic mass is 10.1. The Morgan fingerprint density at radius 1 is 1.00 bits per heavy atom. The number of rotatable bonds is 5. The van der Waals surface area contributed by atoms with Gasteiger partial charge in [-0.25, -0.2) is 9.97 Å². The van der Waals surface area contributed by atoms with Gasteiger partial charge in [-0.2, -0.15) is 0 Å². The van der Waals surface area contributed by atoms with Crippen LogP contribution >= 0.6 is 0 Å². The molecular weight excluding hydrogens is 402 g/mol. The summed E-state index contributed by atoms with van der Waals surface area (Å²) in [6.45, 7) is 2.16. The first-order chi connectivity index (χ1) is 15.6. The Hall–Kier alpha value is -4.26. The summed E-state index contributed by atoms with van der Waals surface area (Å²) in [5.74, 6) is 0.403. The standard InChI is InChI=1S/C25H21N5O2/c1-17-8-7-11-19-22(17)26-16-29(25(19)32)15-13-21(31)28-24-23(18-9-3-2-4-10-18)27-20-12-5-6-14-30(20)24/h2-12,14,16H,13,15H2,1H3,(H,28,31). The van der Waals surface area contributed by atoms with Crippen LogP contribution in [0.4, 0.5) is 5.82 Å². The molecule has 0 fully saturated rings. The monoisotopic (exact) mass is 423 g/mol. The number of fused-ring (bicyclic) bond motifs is 2. The minimum absolute atomic E-state index is 0.132. The van der Waals surface area contributed by atoms with E-state index < -0.39 is 0 Å².